The van der Waals surface area contributed by atoms with Crippen molar-refractivity contribution in [3.05, 3.63) is 45.3 Å². The Morgan fingerprint density at radius 1 is 0.885 bits per heavy atom. The van der Waals surface area contributed by atoms with Crippen molar-refractivity contribution in [1.82, 2.24) is 0 Å². The van der Waals surface area contributed by atoms with Crippen molar-refractivity contribution in [3.8, 4) is 11.1 Å². The van der Waals surface area contributed by atoms with Crippen LogP contribution in [0.1, 0.15) is 0 Å². The second-order valence-electron chi connectivity index (χ2n) is 5.08. The molecule has 0 aromatic heterocycles. The van der Waals surface area contributed by atoms with Gasteiger partial charge in [0, 0.05) is 25.1 Å². The predicted molar refractivity (Wildman–Crippen MR) is 93.5 cm³/mol. The SMILES string of the molecule is Nc1cccc(-c2c(Br)cc(Br)cc2SC(F)(F)C(F)(F)C(F)(F)F)c1. The lowest BCUT2D eigenvalue weighted by Crippen LogP contribution is -2.49. The Morgan fingerprint density at radius 3 is 2.04 bits per heavy atom. The van der Waals surface area contributed by atoms with Gasteiger partial charge in [0.05, 0.1) is 0 Å². The molecule has 0 heterocycles. The van der Waals surface area contributed by atoms with Gasteiger partial charge < -0.3 is 5.73 Å². The second kappa shape index (κ2) is 7.23. The van der Waals surface area contributed by atoms with Crippen LogP contribution in [0.5, 0.6) is 0 Å². The van der Waals surface area contributed by atoms with E-state index in [-0.39, 0.29) is 25.8 Å². The first-order valence-electron chi connectivity index (χ1n) is 6.62. The zero-order valence-electron chi connectivity index (χ0n) is 12.4. The molecule has 2 N–H and O–H groups in total. The van der Waals surface area contributed by atoms with E-state index in [2.05, 4.69) is 31.9 Å². The van der Waals surface area contributed by atoms with Gasteiger partial charge in [-0.15, -0.1) is 0 Å². The lowest BCUT2D eigenvalue weighted by Gasteiger charge is -2.28. The van der Waals surface area contributed by atoms with E-state index in [1.165, 1.54) is 30.3 Å². The van der Waals surface area contributed by atoms with Gasteiger partial charge in [0.25, 0.3) is 0 Å². The Hall–Kier alpha value is -0.940. The molecule has 0 amide bonds. The number of thioether (sulfide) groups is 1. The Morgan fingerprint density at radius 2 is 1.50 bits per heavy atom. The zero-order valence-corrected chi connectivity index (χ0v) is 16.3. The van der Waals surface area contributed by atoms with E-state index in [9.17, 15) is 30.7 Å². The molecule has 0 spiro atoms. The number of hydrogen-bond donors (Lipinski definition) is 1. The van der Waals surface area contributed by atoms with Crippen LogP contribution in [0.2, 0.25) is 0 Å². The molecular formula is C15H8Br2F7NS. The van der Waals surface area contributed by atoms with Crippen LogP contribution in [0, 0.1) is 0 Å². The molecule has 0 saturated heterocycles. The molecule has 0 aliphatic rings. The third kappa shape index (κ3) is 4.14. The van der Waals surface area contributed by atoms with E-state index >= 15 is 0 Å². The summed E-state index contributed by atoms with van der Waals surface area (Å²) in [5.74, 6) is -6.22. The van der Waals surface area contributed by atoms with Crippen LogP contribution in [0.25, 0.3) is 11.1 Å². The molecule has 11 heteroatoms. The third-order valence-electron chi connectivity index (χ3n) is 3.15. The van der Waals surface area contributed by atoms with Crippen molar-refractivity contribution >= 4 is 49.3 Å². The van der Waals surface area contributed by atoms with Gasteiger partial charge in [-0.2, -0.15) is 30.7 Å². The quantitative estimate of drug-likeness (QED) is 0.256. The van der Waals surface area contributed by atoms with E-state index in [1.807, 2.05) is 0 Å². The van der Waals surface area contributed by atoms with Crippen molar-refractivity contribution in [2.75, 3.05) is 5.73 Å². The van der Waals surface area contributed by atoms with Crippen LogP contribution in [-0.2, 0) is 0 Å². The molecule has 0 atom stereocenters. The van der Waals surface area contributed by atoms with Gasteiger partial charge in [-0.3, -0.25) is 0 Å². The predicted octanol–water partition coefficient (Wildman–Crippen LogP) is 7.34. The van der Waals surface area contributed by atoms with E-state index in [0.29, 0.717) is 0 Å². The first-order valence-corrected chi connectivity index (χ1v) is 9.03. The number of benzene rings is 2. The minimum absolute atomic E-state index is 0.0168. The minimum Gasteiger partial charge on any atom is -0.399 e. The summed E-state index contributed by atoms with van der Waals surface area (Å²) >= 11 is 5.26. The molecule has 0 radical (unpaired) electrons. The Bertz CT molecular complexity index is 824. The summed E-state index contributed by atoms with van der Waals surface area (Å²) < 4.78 is 91.8. The number of alkyl halides is 7. The Kier molecular flexibility index (Phi) is 5.94. The molecule has 0 unspecified atom stereocenters. The third-order valence-corrected chi connectivity index (χ3v) is 5.29. The number of hydrogen-bond acceptors (Lipinski definition) is 2. The molecule has 2 rings (SSSR count). The highest BCUT2D eigenvalue weighted by molar-refractivity contribution is 9.11. The topological polar surface area (TPSA) is 26.0 Å². The second-order valence-corrected chi connectivity index (χ2v) is 8.00. The van der Waals surface area contributed by atoms with Gasteiger partial charge in [0.1, 0.15) is 0 Å². The maximum absolute atomic E-state index is 13.9. The van der Waals surface area contributed by atoms with E-state index in [4.69, 9.17) is 5.73 Å². The largest absolute Gasteiger partial charge is 0.460 e. The van der Waals surface area contributed by atoms with Crippen LogP contribution in [-0.4, -0.2) is 17.4 Å². The number of nitrogen functional groups attached to an aromatic ring is 1. The smallest absolute Gasteiger partial charge is 0.399 e. The van der Waals surface area contributed by atoms with Gasteiger partial charge in [-0.05, 0) is 41.6 Å². The van der Waals surface area contributed by atoms with Gasteiger partial charge >= 0.3 is 17.4 Å². The first-order chi connectivity index (χ1) is 11.8. The summed E-state index contributed by atoms with van der Waals surface area (Å²) in [6.07, 6.45) is -6.40. The Balaban J connectivity index is 2.60. The zero-order chi connectivity index (χ0) is 19.9. The van der Waals surface area contributed by atoms with Crippen molar-refractivity contribution in [3.63, 3.8) is 0 Å². The molecule has 1 nitrogen and oxygen atoms in total. The van der Waals surface area contributed by atoms with Crippen molar-refractivity contribution in [2.24, 2.45) is 0 Å². The molecular weight excluding hydrogens is 519 g/mol. The van der Waals surface area contributed by atoms with E-state index < -0.39 is 34.0 Å². The first kappa shape index (κ1) is 21.4. The van der Waals surface area contributed by atoms with Crippen LogP contribution < -0.4 is 5.73 Å². The fourth-order valence-electron chi connectivity index (χ4n) is 1.97. The van der Waals surface area contributed by atoms with E-state index in [1.54, 1.807) is 0 Å². The highest BCUT2D eigenvalue weighted by Gasteiger charge is 2.73. The monoisotopic (exact) mass is 525 g/mol. The highest BCUT2D eigenvalue weighted by atomic mass is 79.9. The van der Waals surface area contributed by atoms with Gasteiger partial charge in [0.15, 0.2) is 0 Å². The fourth-order valence-corrected chi connectivity index (χ4v) is 4.74. The lowest BCUT2D eigenvalue weighted by atomic mass is 10.1. The minimum atomic E-state index is -6.40. The summed E-state index contributed by atoms with van der Waals surface area (Å²) in [4.78, 5) is -0.481. The number of rotatable bonds is 4. The summed E-state index contributed by atoms with van der Waals surface area (Å²) in [5.41, 5.74) is 6.19. The average Bonchev–Trinajstić information content (AvgIpc) is 2.44. The maximum Gasteiger partial charge on any atom is 0.460 e. The van der Waals surface area contributed by atoms with Crippen molar-refractivity contribution in [2.45, 2.75) is 22.2 Å². The summed E-state index contributed by atoms with van der Waals surface area (Å²) in [6, 6.07) is 8.34. The summed E-state index contributed by atoms with van der Waals surface area (Å²) in [7, 11) is 0. The maximum atomic E-state index is 13.9. The molecule has 0 bridgehead atoms. The van der Waals surface area contributed by atoms with Gasteiger partial charge in [-0.1, -0.05) is 44.0 Å². The molecule has 142 valence electrons. The molecule has 26 heavy (non-hydrogen) atoms. The van der Waals surface area contributed by atoms with Crippen molar-refractivity contribution < 1.29 is 30.7 Å². The van der Waals surface area contributed by atoms with Gasteiger partial charge in [0.2, 0.25) is 0 Å². The molecule has 2 aromatic rings. The fraction of sp³-hybridized carbons (Fsp3) is 0.200. The van der Waals surface area contributed by atoms with E-state index in [0.717, 1.165) is 6.07 Å². The van der Waals surface area contributed by atoms with Crippen LogP contribution >= 0.6 is 43.6 Å². The summed E-state index contributed by atoms with van der Waals surface area (Å²) in [5, 5.41) is -5.43. The van der Waals surface area contributed by atoms with Crippen LogP contribution in [0.4, 0.5) is 36.4 Å². The normalized spacial score (nSPS) is 13.1. The van der Waals surface area contributed by atoms with Crippen LogP contribution in [0.3, 0.4) is 0 Å². The lowest BCUT2D eigenvalue weighted by molar-refractivity contribution is -0.330. The highest BCUT2D eigenvalue weighted by Crippen LogP contribution is 2.56. The molecule has 0 fully saturated rings. The number of halogens is 9. The average molecular weight is 527 g/mol. The number of anilines is 1. The van der Waals surface area contributed by atoms with Crippen LogP contribution in [0.15, 0.2) is 50.2 Å². The van der Waals surface area contributed by atoms with Gasteiger partial charge in [-0.25, -0.2) is 0 Å². The summed E-state index contributed by atoms with van der Waals surface area (Å²) in [6.45, 7) is 0. The molecule has 0 saturated carbocycles. The molecule has 2 aromatic carbocycles. The number of nitrogens with two attached hydrogens (primary N) is 1. The molecule has 0 aliphatic carbocycles. The van der Waals surface area contributed by atoms with Crippen molar-refractivity contribution in [1.29, 1.82) is 0 Å². The standard InChI is InChI=1S/C15H8Br2F7NS/c16-8-5-10(17)12(7-2-1-3-9(25)4-7)11(6-8)26-15(23,24)13(18,19)14(20,21)22/h1-6H,25H2. The Labute approximate surface area is 164 Å². The molecule has 0 aliphatic heterocycles.